The second-order valence-corrected chi connectivity index (χ2v) is 5.81. The van der Waals surface area contributed by atoms with Crippen molar-refractivity contribution in [2.45, 2.75) is 20.4 Å². The van der Waals surface area contributed by atoms with Crippen LogP contribution in [-0.4, -0.2) is 21.2 Å². The lowest BCUT2D eigenvalue weighted by Gasteiger charge is -1.99. The van der Waals surface area contributed by atoms with Crippen LogP contribution < -0.4 is 0 Å². The first-order chi connectivity index (χ1) is 11.8. The molecule has 0 unspecified atom stereocenters. The van der Waals surface area contributed by atoms with Crippen LogP contribution in [0.2, 0.25) is 0 Å². The number of nitrogens with zero attached hydrogens (tertiary/aromatic N) is 4. The Morgan fingerprint density at radius 1 is 0.958 bits per heavy atom. The Hall–Kier alpha value is -3.01. The van der Waals surface area contributed by atoms with Gasteiger partial charge in [-0.2, -0.15) is 10.2 Å². The lowest BCUT2D eigenvalue weighted by atomic mass is 10.1. The highest BCUT2D eigenvalue weighted by atomic mass is 15.3. The molecule has 3 aromatic rings. The van der Waals surface area contributed by atoms with E-state index in [1.807, 2.05) is 36.1 Å². The molecular weight excluding hydrogens is 296 g/mol. The molecular formula is C20H18N4. The summed E-state index contributed by atoms with van der Waals surface area (Å²) in [6.45, 7) is 4.88. The van der Waals surface area contributed by atoms with Gasteiger partial charge in [-0.25, -0.2) is 0 Å². The maximum Gasteiger partial charge on any atom is 0.101 e. The quantitative estimate of drug-likeness (QED) is 0.414. The molecule has 0 amide bonds. The van der Waals surface area contributed by atoms with Crippen molar-refractivity contribution in [1.29, 1.82) is 0 Å². The first-order valence-electron chi connectivity index (χ1n) is 8.12. The minimum absolute atomic E-state index is 0.850. The third-order valence-electron chi connectivity index (χ3n) is 4.33. The Labute approximate surface area is 141 Å². The molecule has 4 rings (SSSR count). The molecule has 0 aliphatic heterocycles. The fourth-order valence-electron chi connectivity index (χ4n) is 3.01. The van der Waals surface area contributed by atoms with Gasteiger partial charge < -0.3 is 0 Å². The van der Waals surface area contributed by atoms with Crippen LogP contribution in [0.15, 0.2) is 71.1 Å². The summed E-state index contributed by atoms with van der Waals surface area (Å²) in [4.78, 5) is 0. The molecule has 0 saturated heterocycles. The molecule has 0 radical (unpaired) electrons. The number of fused-ring (bicyclic) bond motifs is 3. The number of benzene rings is 2. The van der Waals surface area contributed by atoms with Crippen LogP contribution in [0.4, 0.5) is 0 Å². The summed E-state index contributed by atoms with van der Waals surface area (Å²) < 4.78 is 1.89. The molecule has 0 atom stereocenters. The van der Waals surface area contributed by atoms with Crippen LogP contribution in [0, 0.1) is 0 Å². The van der Waals surface area contributed by atoms with Crippen molar-refractivity contribution in [3.8, 4) is 11.1 Å². The summed E-state index contributed by atoms with van der Waals surface area (Å²) in [5.41, 5.74) is 7.52. The largest absolute Gasteiger partial charge is 0.272 e. The number of hydrogen-bond acceptors (Lipinski definition) is 3. The second kappa shape index (κ2) is 5.89. The first-order valence-corrected chi connectivity index (χ1v) is 8.12. The molecule has 1 aliphatic rings. The number of aromatic nitrogens is 2. The Balaban J connectivity index is 1.78. The van der Waals surface area contributed by atoms with Crippen LogP contribution in [0.25, 0.3) is 11.1 Å². The van der Waals surface area contributed by atoms with Crippen molar-refractivity contribution in [3.63, 3.8) is 0 Å². The highest BCUT2D eigenvalue weighted by Crippen LogP contribution is 2.36. The zero-order valence-corrected chi connectivity index (χ0v) is 13.8. The SMILES string of the molecule is CCn1cc(/C(C)=N/N=C2c3ccccc3-c3ccccc32)cn1. The Morgan fingerprint density at radius 2 is 1.54 bits per heavy atom. The molecule has 1 aromatic heterocycles. The zero-order valence-electron chi connectivity index (χ0n) is 13.8. The van der Waals surface area contributed by atoms with E-state index >= 15 is 0 Å². The lowest BCUT2D eigenvalue weighted by molar-refractivity contribution is 0.660. The summed E-state index contributed by atoms with van der Waals surface area (Å²) >= 11 is 0. The van der Waals surface area contributed by atoms with Crippen LogP contribution >= 0.6 is 0 Å². The highest BCUT2D eigenvalue weighted by molar-refractivity contribution is 6.24. The lowest BCUT2D eigenvalue weighted by Crippen LogP contribution is -1.99. The predicted molar refractivity (Wildman–Crippen MR) is 97.6 cm³/mol. The third-order valence-corrected chi connectivity index (χ3v) is 4.33. The molecule has 0 bridgehead atoms. The van der Waals surface area contributed by atoms with E-state index < -0.39 is 0 Å². The van der Waals surface area contributed by atoms with Gasteiger partial charge in [-0.1, -0.05) is 48.5 Å². The number of aryl methyl sites for hydroxylation is 1. The highest BCUT2D eigenvalue weighted by Gasteiger charge is 2.23. The van der Waals surface area contributed by atoms with Crippen LogP contribution in [0.5, 0.6) is 0 Å². The molecule has 0 spiro atoms. The molecule has 2 aromatic carbocycles. The molecule has 24 heavy (non-hydrogen) atoms. The van der Waals surface area contributed by atoms with Gasteiger partial charge in [0.25, 0.3) is 0 Å². The minimum atomic E-state index is 0.850. The normalized spacial score (nSPS) is 12.9. The standard InChI is InChI=1S/C20H18N4/c1-3-24-13-15(12-21-24)14(2)22-23-20-18-10-6-4-8-16(18)17-9-5-7-11-19(17)20/h4-13H,3H2,1-2H3/b22-14+. The van der Waals surface area contributed by atoms with Crippen LogP contribution in [0.1, 0.15) is 30.5 Å². The van der Waals surface area contributed by atoms with E-state index in [-0.39, 0.29) is 0 Å². The van der Waals surface area contributed by atoms with Crippen LogP contribution in [-0.2, 0) is 6.54 Å². The topological polar surface area (TPSA) is 42.5 Å². The van der Waals surface area contributed by atoms with E-state index in [1.165, 1.54) is 11.1 Å². The maximum atomic E-state index is 4.58. The molecule has 1 aliphatic carbocycles. The van der Waals surface area contributed by atoms with Crippen molar-refractivity contribution >= 4 is 11.4 Å². The Morgan fingerprint density at radius 3 is 2.08 bits per heavy atom. The van der Waals surface area contributed by atoms with Gasteiger partial charge >= 0.3 is 0 Å². The van der Waals surface area contributed by atoms with E-state index in [1.54, 1.807) is 0 Å². The van der Waals surface area contributed by atoms with Gasteiger partial charge in [0.05, 0.1) is 11.9 Å². The van der Waals surface area contributed by atoms with E-state index in [0.717, 1.165) is 34.7 Å². The Bertz CT molecular complexity index is 916. The molecule has 0 saturated carbocycles. The van der Waals surface area contributed by atoms with E-state index in [0.29, 0.717) is 0 Å². The third kappa shape index (κ3) is 2.36. The van der Waals surface area contributed by atoms with Crippen LogP contribution in [0.3, 0.4) is 0 Å². The van der Waals surface area contributed by atoms with Crippen molar-refractivity contribution in [2.75, 3.05) is 0 Å². The van der Waals surface area contributed by atoms with E-state index in [9.17, 15) is 0 Å². The summed E-state index contributed by atoms with van der Waals surface area (Å²) in [6, 6.07) is 16.7. The number of rotatable bonds is 3. The average molecular weight is 314 g/mol. The number of hydrogen-bond donors (Lipinski definition) is 0. The van der Waals surface area contributed by atoms with Gasteiger partial charge in [-0.05, 0) is 25.0 Å². The van der Waals surface area contributed by atoms with Gasteiger partial charge in [-0.15, -0.1) is 5.10 Å². The van der Waals surface area contributed by atoms with Gasteiger partial charge in [0.15, 0.2) is 0 Å². The average Bonchev–Trinajstić information content (AvgIpc) is 3.23. The van der Waals surface area contributed by atoms with Gasteiger partial charge in [0, 0.05) is 29.4 Å². The molecule has 1 heterocycles. The van der Waals surface area contributed by atoms with Gasteiger partial charge in [0.1, 0.15) is 5.71 Å². The molecule has 4 heteroatoms. The molecule has 4 nitrogen and oxygen atoms in total. The minimum Gasteiger partial charge on any atom is -0.272 e. The molecule has 118 valence electrons. The fraction of sp³-hybridized carbons (Fsp3) is 0.150. The van der Waals surface area contributed by atoms with Gasteiger partial charge in [0.2, 0.25) is 0 Å². The second-order valence-electron chi connectivity index (χ2n) is 5.81. The summed E-state index contributed by atoms with van der Waals surface area (Å²) in [7, 11) is 0. The first kappa shape index (κ1) is 14.6. The molecule has 0 fully saturated rings. The molecule has 0 N–H and O–H groups in total. The van der Waals surface area contributed by atoms with E-state index in [4.69, 9.17) is 0 Å². The smallest absolute Gasteiger partial charge is 0.101 e. The van der Waals surface area contributed by atoms with Crippen molar-refractivity contribution in [3.05, 3.63) is 77.6 Å². The summed E-state index contributed by atoms with van der Waals surface area (Å²) in [5, 5.41) is 13.4. The summed E-state index contributed by atoms with van der Waals surface area (Å²) in [6.07, 6.45) is 3.83. The Kier molecular flexibility index (Phi) is 3.58. The zero-order chi connectivity index (χ0) is 16.5. The van der Waals surface area contributed by atoms with Crippen molar-refractivity contribution in [2.24, 2.45) is 10.2 Å². The fourth-order valence-corrected chi connectivity index (χ4v) is 3.01. The maximum absolute atomic E-state index is 4.58. The summed E-state index contributed by atoms with van der Waals surface area (Å²) in [5.74, 6) is 0. The van der Waals surface area contributed by atoms with Crippen molar-refractivity contribution in [1.82, 2.24) is 9.78 Å². The van der Waals surface area contributed by atoms with E-state index in [2.05, 4.69) is 58.6 Å². The van der Waals surface area contributed by atoms with Gasteiger partial charge in [-0.3, -0.25) is 4.68 Å². The van der Waals surface area contributed by atoms with Crippen molar-refractivity contribution < 1.29 is 0 Å². The monoisotopic (exact) mass is 314 g/mol. The predicted octanol–water partition coefficient (Wildman–Crippen LogP) is 4.15.